The maximum atomic E-state index is 2.39. The fraction of sp³-hybridized carbons (Fsp3) is 1.00. The molecule has 0 bridgehead atoms. The molecule has 2 saturated carbocycles. The number of hydrogen-bond acceptors (Lipinski definition) is 0. The minimum atomic E-state index is 0.855. The Morgan fingerprint density at radius 2 is 1.80 bits per heavy atom. The second-order valence-electron chi connectivity index (χ2n) is 4.85. The van der Waals surface area contributed by atoms with Gasteiger partial charge < -0.3 is 0 Å². The first kappa shape index (κ1) is 6.69. The van der Waals surface area contributed by atoms with E-state index in [-0.39, 0.29) is 0 Å². The molecule has 3 atom stereocenters. The third-order valence-corrected chi connectivity index (χ3v) is 3.84. The van der Waals surface area contributed by atoms with Crippen molar-refractivity contribution in [3.8, 4) is 0 Å². The summed E-state index contributed by atoms with van der Waals surface area (Å²) in [6.07, 6.45) is 1.55. The zero-order chi connectivity index (χ0) is 7.52. The molecule has 0 heterocycles. The van der Waals surface area contributed by atoms with Crippen molar-refractivity contribution in [2.45, 2.75) is 34.1 Å². The molecule has 0 amide bonds. The van der Waals surface area contributed by atoms with Gasteiger partial charge in [0, 0.05) is 0 Å². The minimum absolute atomic E-state index is 0.855. The molecule has 2 aliphatic carbocycles. The molecule has 0 spiro atoms. The largest absolute Gasteiger partial charge is 0.0625 e. The third-order valence-electron chi connectivity index (χ3n) is 3.84. The van der Waals surface area contributed by atoms with Crippen molar-refractivity contribution in [3.05, 3.63) is 0 Å². The molecule has 0 N–H and O–H groups in total. The van der Waals surface area contributed by atoms with Crippen LogP contribution in [0, 0.1) is 29.1 Å². The van der Waals surface area contributed by atoms with E-state index in [1.807, 2.05) is 0 Å². The van der Waals surface area contributed by atoms with E-state index in [0.29, 0.717) is 0 Å². The maximum absolute atomic E-state index is 2.39. The van der Waals surface area contributed by atoms with Gasteiger partial charge in [-0.05, 0) is 35.5 Å². The zero-order valence-corrected chi connectivity index (χ0v) is 7.52. The van der Waals surface area contributed by atoms with Crippen molar-refractivity contribution in [1.82, 2.24) is 0 Å². The zero-order valence-electron chi connectivity index (χ0n) is 7.52. The van der Waals surface area contributed by atoms with Crippen molar-refractivity contribution >= 4 is 0 Å². The van der Waals surface area contributed by atoms with E-state index >= 15 is 0 Å². The molecule has 0 aromatic carbocycles. The van der Waals surface area contributed by atoms with Crippen LogP contribution in [0.4, 0.5) is 0 Å². The Labute approximate surface area is 64.0 Å². The fourth-order valence-electron chi connectivity index (χ4n) is 3.13. The Kier molecular flexibility index (Phi) is 1.07. The van der Waals surface area contributed by atoms with Gasteiger partial charge >= 0.3 is 0 Å². The molecule has 2 aliphatic rings. The van der Waals surface area contributed by atoms with E-state index in [1.165, 1.54) is 0 Å². The topological polar surface area (TPSA) is 0 Å². The second kappa shape index (κ2) is 1.60. The molecule has 2 fully saturated rings. The highest BCUT2D eigenvalue weighted by atomic mass is 14.8. The molecule has 0 aliphatic heterocycles. The summed E-state index contributed by atoms with van der Waals surface area (Å²) in [7, 11) is 0. The normalized spacial score (nSPS) is 49.8. The summed E-state index contributed by atoms with van der Waals surface area (Å²) in [6.45, 7) is 9.53. The lowest BCUT2D eigenvalue weighted by molar-refractivity contribution is 0.314. The molecule has 2 rings (SSSR count). The van der Waals surface area contributed by atoms with Gasteiger partial charge in [0.1, 0.15) is 0 Å². The van der Waals surface area contributed by atoms with Crippen molar-refractivity contribution in [1.29, 1.82) is 0 Å². The lowest BCUT2D eigenvalue weighted by Crippen LogP contribution is -2.10. The summed E-state index contributed by atoms with van der Waals surface area (Å²) in [5.74, 6) is 4.14. The Morgan fingerprint density at radius 3 is 1.90 bits per heavy atom. The Hall–Kier alpha value is 0. The molecule has 0 nitrogen and oxygen atoms in total. The summed E-state index contributed by atoms with van der Waals surface area (Å²) >= 11 is 0. The van der Waals surface area contributed by atoms with Gasteiger partial charge in [-0.25, -0.2) is 0 Å². The monoisotopic (exact) mass is 138 g/mol. The van der Waals surface area contributed by atoms with E-state index in [1.54, 1.807) is 6.42 Å². The van der Waals surface area contributed by atoms with Crippen LogP contribution in [-0.4, -0.2) is 0 Å². The highest BCUT2D eigenvalue weighted by Crippen LogP contribution is 2.84. The molecule has 0 saturated heterocycles. The SMILES string of the molecule is CC(C)C1C2CC21C(C)C. The molecule has 0 aromatic heterocycles. The van der Waals surface area contributed by atoms with Crippen LogP contribution in [-0.2, 0) is 0 Å². The molecule has 0 aromatic rings. The van der Waals surface area contributed by atoms with Gasteiger partial charge in [0.15, 0.2) is 0 Å². The molecule has 0 heteroatoms. The van der Waals surface area contributed by atoms with Crippen molar-refractivity contribution in [3.63, 3.8) is 0 Å². The van der Waals surface area contributed by atoms with Crippen LogP contribution in [0.15, 0.2) is 0 Å². The van der Waals surface area contributed by atoms with Crippen LogP contribution >= 0.6 is 0 Å². The number of hydrogen-bond donors (Lipinski definition) is 0. The smallest absolute Gasteiger partial charge is 0.0206 e. The predicted molar refractivity (Wildman–Crippen MR) is 43.7 cm³/mol. The summed E-state index contributed by atoms with van der Waals surface area (Å²) in [4.78, 5) is 0. The van der Waals surface area contributed by atoms with Gasteiger partial charge in [-0.2, -0.15) is 0 Å². The summed E-state index contributed by atoms with van der Waals surface area (Å²) < 4.78 is 0. The van der Waals surface area contributed by atoms with Crippen LogP contribution in [0.3, 0.4) is 0 Å². The summed E-state index contributed by atoms with van der Waals surface area (Å²) in [5.41, 5.74) is 0.855. The number of fused-ring (bicyclic) bond motifs is 1. The molecular weight excluding hydrogens is 120 g/mol. The van der Waals surface area contributed by atoms with E-state index < -0.39 is 0 Å². The maximum Gasteiger partial charge on any atom is -0.0206 e. The average molecular weight is 138 g/mol. The first-order valence-electron chi connectivity index (χ1n) is 4.60. The van der Waals surface area contributed by atoms with Crippen LogP contribution in [0.25, 0.3) is 0 Å². The van der Waals surface area contributed by atoms with Crippen molar-refractivity contribution in [2.24, 2.45) is 29.1 Å². The lowest BCUT2D eigenvalue weighted by atomic mass is 9.88. The van der Waals surface area contributed by atoms with Crippen molar-refractivity contribution in [2.75, 3.05) is 0 Å². The van der Waals surface area contributed by atoms with E-state index in [2.05, 4.69) is 27.7 Å². The van der Waals surface area contributed by atoms with Crippen LogP contribution < -0.4 is 0 Å². The van der Waals surface area contributed by atoms with E-state index in [9.17, 15) is 0 Å². The van der Waals surface area contributed by atoms with Crippen LogP contribution in [0.5, 0.6) is 0 Å². The van der Waals surface area contributed by atoms with Gasteiger partial charge in [0.05, 0.1) is 0 Å². The standard InChI is InChI=1S/C10H18/c1-6(2)9-8-5-10(8,9)7(3)4/h6-9H,5H2,1-4H3. The van der Waals surface area contributed by atoms with E-state index in [4.69, 9.17) is 0 Å². The molecule has 0 radical (unpaired) electrons. The highest BCUT2D eigenvalue weighted by Gasteiger charge is 2.79. The van der Waals surface area contributed by atoms with E-state index in [0.717, 1.165) is 29.1 Å². The quantitative estimate of drug-likeness (QED) is 0.550. The predicted octanol–water partition coefficient (Wildman–Crippen LogP) is 2.93. The Bertz CT molecular complexity index is 157. The number of rotatable bonds is 2. The Morgan fingerprint density at radius 1 is 1.20 bits per heavy atom. The lowest BCUT2D eigenvalue weighted by Gasteiger charge is -2.17. The first-order chi connectivity index (χ1) is 4.60. The first-order valence-corrected chi connectivity index (χ1v) is 4.60. The summed E-state index contributed by atoms with van der Waals surface area (Å²) in [5, 5.41) is 0. The Balaban J connectivity index is 2.01. The van der Waals surface area contributed by atoms with Crippen molar-refractivity contribution < 1.29 is 0 Å². The average Bonchev–Trinajstić information content (AvgIpc) is 2.41. The highest BCUT2D eigenvalue weighted by molar-refractivity contribution is 5.26. The molecule has 10 heavy (non-hydrogen) atoms. The van der Waals surface area contributed by atoms with Crippen LogP contribution in [0.2, 0.25) is 0 Å². The molecular formula is C10H18. The van der Waals surface area contributed by atoms with Gasteiger partial charge in [-0.15, -0.1) is 0 Å². The molecule has 58 valence electrons. The van der Waals surface area contributed by atoms with Gasteiger partial charge in [0.2, 0.25) is 0 Å². The third kappa shape index (κ3) is 0.538. The minimum Gasteiger partial charge on any atom is -0.0625 e. The molecule has 3 unspecified atom stereocenters. The van der Waals surface area contributed by atoms with Gasteiger partial charge in [0.25, 0.3) is 0 Å². The van der Waals surface area contributed by atoms with Crippen LogP contribution in [0.1, 0.15) is 34.1 Å². The van der Waals surface area contributed by atoms with Gasteiger partial charge in [-0.1, -0.05) is 27.7 Å². The summed E-state index contributed by atoms with van der Waals surface area (Å²) in [6, 6.07) is 0. The van der Waals surface area contributed by atoms with Gasteiger partial charge in [-0.3, -0.25) is 0 Å². The fourth-order valence-corrected chi connectivity index (χ4v) is 3.13. The second-order valence-corrected chi connectivity index (χ2v) is 4.85.